The Balaban J connectivity index is 1.22. The third kappa shape index (κ3) is 5.40. The molecule has 2 amide bonds. The number of halogens is 6. The summed E-state index contributed by atoms with van der Waals surface area (Å²) in [5.74, 6) is -1.43. The van der Waals surface area contributed by atoms with Gasteiger partial charge >= 0.3 is 6.18 Å². The van der Waals surface area contributed by atoms with E-state index < -0.39 is 46.3 Å². The maximum absolute atomic E-state index is 13.5. The summed E-state index contributed by atoms with van der Waals surface area (Å²) >= 11 is 11.2. The number of nitrogens with one attached hydrogen (secondary N) is 2. The quantitative estimate of drug-likeness (QED) is 0.495. The number of ether oxygens (including phenoxy) is 2. The molecule has 0 aliphatic heterocycles. The first-order valence-electron chi connectivity index (χ1n) is 10.4. The first kappa shape index (κ1) is 25.3. The molecule has 7 nitrogen and oxygen atoms in total. The predicted octanol–water partition coefficient (Wildman–Crippen LogP) is 4.16. The molecule has 0 saturated heterocycles. The molecule has 0 spiro atoms. The summed E-state index contributed by atoms with van der Waals surface area (Å²) in [6.07, 6.45) is -2.72. The second kappa shape index (κ2) is 9.02. The molecule has 35 heavy (non-hydrogen) atoms. The molecule has 3 atom stereocenters. The Morgan fingerprint density at radius 1 is 1.09 bits per heavy atom. The van der Waals surface area contributed by atoms with E-state index in [1.807, 2.05) is 6.92 Å². The van der Waals surface area contributed by atoms with Crippen LogP contribution in [0.1, 0.15) is 25.5 Å². The van der Waals surface area contributed by atoms with Gasteiger partial charge in [-0.25, -0.2) is 9.37 Å². The number of fused-ring (bicyclic) bond motifs is 1. The fraction of sp³-hybridized carbons (Fsp3) is 0.409. The monoisotopic (exact) mass is 535 g/mol. The van der Waals surface area contributed by atoms with Crippen molar-refractivity contribution in [3.05, 3.63) is 52.0 Å². The van der Waals surface area contributed by atoms with E-state index in [1.54, 1.807) is 0 Å². The Morgan fingerprint density at radius 2 is 1.74 bits per heavy atom. The summed E-state index contributed by atoms with van der Waals surface area (Å²) in [7, 11) is 0. The maximum atomic E-state index is 13.5. The highest BCUT2D eigenvalue weighted by Gasteiger charge is 2.74. The maximum Gasteiger partial charge on any atom is 0.434 e. The Hall–Kier alpha value is -2.79. The zero-order valence-corrected chi connectivity index (χ0v) is 19.7. The minimum Gasteiger partial charge on any atom is -0.484 e. The van der Waals surface area contributed by atoms with Crippen molar-refractivity contribution >= 4 is 35.0 Å². The Labute approximate surface area is 207 Å². The number of nitrogens with zero attached hydrogens (tertiary/aromatic N) is 1. The number of alkyl halides is 3. The predicted molar refractivity (Wildman–Crippen MR) is 117 cm³/mol. The van der Waals surface area contributed by atoms with Gasteiger partial charge in [0.25, 0.3) is 11.8 Å². The summed E-state index contributed by atoms with van der Waals surface area (Å²) in [4.78, 5) is 27.8. The van der Waals surface area contributed by atoms with E-state index in [9.17, 15) is 27.2 Å². The van der Waals surface area contributed by atoms with Crippen molar-refractivity contribution < 1.29 is 36.6 Å². The van der Waals surface area contributed by atoms with Crippen LogP contribution in [0.15, 0.2) is 30.5 Å². The minimum absolute atomic E-state index is 0.00180. The highest BCUT2D eigenvalue weighted by atomic mass is 35.5. The van der Waals surface area contributed by atoms with Gasteiger partial charge in [0.05, 0.1) is 16.2 Å². The molecule has 2 saturated carbocycles. The van der Waals surface area contributed by atoms with Gasteiger partial charge in [0.1, 0.15) is 17.3 Å². The summed E-state index contributed by atoms with van der Waals surface area (Å²) in [6, 6.07) is 4.80. The van der Waals surface area contributed by atoms with Gasteiger partial charge in [0.2, 0.25) is 0 Å². The minimum atomic E-state index is -4.70. The Bertz CT molecular complexity index is 1180. The number of carbonyl (C=O) groups is 2. The smallest absolute Gasteiger partial charge is 0.434 e. The SMILES string of the molecule is C[C@]1(NC(=O)COc2cnc(C(F)(F)F)c(Cl)c2)CC2(NC(=O)COc3ccc(Cl)c(F)c3)CC21. The number of aromatic nitrogens is 1. The lowest BCUT2D eigenvalue weighted by atomic mass is 9.74. The fourth-order valence-corrected chi connectivity index (χ4v) is 4.92. The highest BCUT2D eigenvalue weighted by Crippen LogP contribution is 2.65. The van der Waals surface area contributed by atoms with Crippen molar-refractivity contribution in [3.8, 4) is 11.5 Å². The van der Waals surface area contributed by atoms with Crippen LogP contribution in [0.5, 0.6) is 11.5 Å². The molecule has 2 aliphatic carbocycles. The molecule has 2 unspecified atom stereocenters. The number of carbonyl (C=O) groups excluding carboxylic acids is 2. The molecule has 2 aliphatic rings. The summed E-state index contributed by atoms with van der Waals surface area (Å²) in [5.41, 5.74) is -2.26. The lowest BCUT2D eigenvalue weighted by molar-refractivity contribution is -0.141. The van der Waals surface area contributed by atoms with E-state index in [4.69, 9.17) is 32.7 Å². The van der Waals surface area contributed by atoms with E-state index in [0.29, 0.717) is 12.8 Å². The first-order chi connectivity index (χ1) is 16.3. The van der Waals surface area contributed by atoms with Crippen molar-refractivity contribution in [2.45, 2.75) is 37.0 Å². The normalized spacial score (nSPS) is 24.6. The lowest BCUT2D eigenvalue weighted by Crippen LogP contribution is -2.64. The van der Waals surface area contributed by atoms with E-state index in [2.05, 4.69) is 15.6 Å². The van der Waals surface area contributed by atoms with Crippen LogP contribution in [0.2, 0.25) is 10.0 Å². The van der Waals surface area contributed by atoms with E-state index in [-0.39, 0.29) is 35.0 Å². The van der Waals surface area contributed by atoms with Crippen molar-refractivity contribution in [2.75, 3.05) is 13.2 Å². The van der Waals surface area contributed by atoms with Gasteiger partial charge in [-0.2, -0.15) is 13.2 Å². The van der Waals surface area contributed by atoms with Crippen LogP contribution >= 0.6 is 23.2 Å². The average molecular weight is 536 g/mol. The molecule has 0 radical (unpaired) electrons. The van der Waals surface area contributed by atoms with Crippen LogP contribution in [0.4, 0.5) is 17.6 Å². The largest absolute Gasteiger partial charge is 0.484 e. The first-order valence-corrected chi connectivity index (χ1v) is 11.1. The molecule has 1 aromatic carbocycles. The molecule has 2 N–H and O–H groups in total. The Kier molecular flexibility index (Phi) is 6.52. The Morgan fingerprint density at radius 3 is 2.34 bits per heavy atom. The molecular weight excluding hydrogens is 517 g/mol. The lowest BCUT2D eigenvalue weighted by Gasteiger charge is -2.45. The molecule has 1 heterocycles. The van der Waals surface area contributed by atoms with Crippen molar-refractivity contribution in [1.82, 2.24) is 15.6 Å². The average Bonchev–Trinajstić information content (AvgIpc) is 3.38. The van der Waals surface area contributed by atoms with E-state index in [1.165, 1.54) is 12.1 Å². The second-order valence-electron chi connectivity index (χ2n) is 8.76. The number of pyridine rings is 1. The summed E-state index contributed by atoms with van der Waals surface area (Å²) in [6.45, 7) is 1.07. The van der Waals surface area contributed by atoms with Gasteiger partial charge in [-0.15, -0.1) is 0 Å². The van der Waals surface area contributed by atoms with E-state index in [0.717, 1.165) is 18.3 Å². The standard InChI is InChI=1S/C22H19Cl2F4N3O4/c1-20(30-17(32)8-35-12-4-14(24)19(29-7-12)22(26,27)28)10-21(6-16(20)21)31-18(33)9-34-11-2-3-13(23)15(25)5-11/h2-5,7,16H,6,8-10H2,1H3,(H,30,32)(H,31,33)/t16?,20-,21?/m0/s1. The fourth-order valence-electron chi connectivity index (χ4n) is 4.54. The zero-order valence-electron chi connectivity index (χ0n) is 18.1. The number of hydrogen-bond donors (Lipinski definition) is 2. The van der Waals surface area contributed by atoms with Gasteiger partial charge in [-0.1, -0.05) is 23.2 Å². The summed E-state index contributed by atoms with van der Waals surface area (Å²) < 4.78 is 62.1. The van der Waals surface area contributed by atoms with Crippen molar-refractivity contribution in [2.24, 2.45) is 5.92 Å². The molecule has 188 valence electrons. The number of amides is 2. The molecule has 2 fully saturated rings. The van der Waals surface area contributed by atoms with Crippen LogP contribution in [-0.2, 0) is 15.8 Å². The van der Waals surface area contributed by atoms with Gasteiger partial charge in [-0.3, -0.25) is 9.59 Å². The van der Waals surface area contributed by atoms with Crippen LogP contribution in [0.3, 0.4) is 0 Å². The number of hydrogen-bond acceptors (Lipinski definition) is 5. The topological polar surface area (TPSA) is 89.5 Å². The van der Waals surface area contributed by atoms with Gasteiger partial charge in [0.15, 0.2) is 18.9 Å². The summed E-state index contributed by atoms with van der Waals surface area (Å²) in [5, 5.41) is 5.04. The molecule has 13 heteroatoms. The van der Waals surface area contributed by atoms with Crippen LogP contribution in [0, 0.1) is 11.7 Å². The molecule has 2 aromatic rings. The van der Waals surface area contributed by atoms with Crippen molar-refractivity contribution in [3.63, 3.8) is 0 Å². The molecule has 1 aromatic heterocycles. The number of benzene rings is 1. The second-order valence-corrected chi connectivity index (χ2v) is 9.57. The van der Waals surface area contributed by atoms with E-state index >= 15 is 0 Å². The van der Waals surface area contributed by atoms with Gasteiger partial charge in [-0.05, 0) is 31.9 Å². The van der Waals surface area contributed by atoms with Crippen LogP contribution in [0.25, 0.3) is 0 Å². The third-order valence-corrected chi connectivity index (χ3v) is 6.65. The van der Waals surface area contributed by atoms with Gasteiger partial charge in [0, 0.05) is 29.1 Å². The third-order valence-electron chi connectivity index (χ3n) is 6.06. The van der Waals surface area contributed by atoms with Crippen LogP contribution < -0.4 is 20.1 Å². The molecular formula is C22H19Cl2F4N3O4. The molecule has 0 bridgehead atoms. The zero-order chi connectivity index (χ0) is 25.6. The number of rotatable bonds is 8. The van der Waals surface area contributed by atoms with Gasteiger partial charge < -0.3 is 20.1 Å². The molecule has 4 rings (SSSR count). The highest BCUT2D eigenvalue weighted by molar-refractivity contribution is 6.31. The van der Waals surface area contributed by atoms with Crippen LogP contribution in [-0.4, -0.2) is 41.1 Å². The van der Waals surface area contributed by atoms with Crippen molar-refractivity contribution in [1.29, 1.82) is 0 Å².